The number of carbonyl (C=O) groups excluding carboxylic acids is 3. The van der Waals surface area contributed by atoms with Gasteiger partial charge in [0.2, 0.25) is 17.7 Å². The number of hydrogen-bond acceptors (Lipinski definition) is 4. The van der Waals surface area contributed by atoms with Gasteiger partial charge in [-0.1, -0.05) is 42.6 Å². The Morgan fingerprint density at radius 3 is 2.61 bits per heavy atom. The first-order valence-corrected chi connectivity index (χ1v) is 11.0. The summed E-state index contributed by atoms with van der Waals surface area (Å²) in [6.07, 6.45) is 7.01. The molecule has 1 unspecified atom stereocenters. The Bertz CT molecular complexity index is 1010. The average Bonchev–Trinajstić information content (AvgIpc) is 3.44. The number of aryl methyl sites for hydroxylation is 1. The summed E-state index contributed by atoms with van der Waals surface area (Å²) in [7, 11) is 3.55. The predicted octanol–water partition coefficient (Wildman–Crippen LogP) is 3.06. The normalized spacial score (nSPS) is 21.8. The number of hydrogen-bond donors (Lipinski definition) is 0. The van der Waals surface area contributed by atoms with Gasteiger partial charge in [0, 0.05) is 50.4 Å². The monoisotopic (exact) mass is 442 g/mol. The lowest BCUT2D eigenvalue weighted by atomic mass is 9.75. The van der Waals surface area contributed by atoms with Gasteiger partial charge in [-0.25, -0.2) is 4.98 Å². The molecule has 8 heteroatoms. The number of carbonyl (C=O) groups is 3. The van der Waals surface area contributed by atoms with E-state index in [4.69, 9.17) is 11.6 Å². The first-order valence-electron chi connectivity index (χ1n) is 10.6. The molecule has 1 aromatic carbocycles. The van der Waals surface area contributed by atoms with Gasteiger partial charge >= 0.3 is 0 Å². The third-order valence-electron chi connectivity index (χ3n) is 6.61. The Morgan fingerprint density at radius 2 is 1.97 bits per heavy atom. The molecule has 2 aromatic rings. The van der Waals surface area contributed by atoms with Crippen LogP contribution in [0.15, 0.2) is 36.7 Å². The number of imidazole rings is 1. The lowest BCUT2D eigenvalue weighted by Gasteiger charge is -2.31. The molecule has 164 valence electrons. The summed E-state index contributed by atoms with van der Waals surface area (Å²) in [5.74, 6) is 0.00834. The SMILES string of the molecule is CN(Cc1nccn1C)C(=O)CC1(c2ccccc2Cl)CC(=O)N(C2CCCC2)C1=O. The number of halogens is 1. The molecule has 0 N–H and O–H groups in total. The largest absolute Gasteiger partial charge is 0.338 e. The summed E-state index contributed by atoms with van der Waals surface area (Å²) in [5.41, 5.74) is -0.723. The molecule has 1 atom stereocenters. The van der Waals surface area contributed by atoms with Crippen molar-refractivity contribution < 1.29 is 14.4 Å². The molecule has 2 aliphatic rings. The van der Waals surface area contributed by atoms with Crippen LogP contribution >= 0.6 is 11.6 Å². The molecule has 7 nitrogen and oxygen atoms in total. The van der Waals surface area contributed by atoms with E-state index < -0.39 is 5.41 Å². The van der Waals surface area contributed by atoms with Crippen LogP contribution in [0.25, 0.3) is 0 Å². The molecular weight excluding hydrogens is 416 g/mol. The van der Waals surface area contributed by atoms with Gasteiger partial charge in [-0.15, -0.1) is 0 Å². The Kier molecular flexibility index (Phi) is 5.88. The molecule has 1 saturated carbocycles. The number of rotatable bonds is 6. The zero-order chi connectivity index (χ0) is 22.2. The third-order valence-corrected chi connectivity index (χ3v) is 6.94. The van der Waals surface area contributed by atoms with Crippen molar-refractivity contribution in [1.82, 2.24) is 19.4 Å². The molecule has 4 rings (SSSR count). The molecule has 31 heavy (non-hydrogen) atoms. The van der Waals surface area contributed by atoms with E-state index >= 15 is 0 Å². The van der Waals surface area contributed by atoms with Gasteiger partial charge in [-0.2, -0.15) is 0 Å². The van der Waals surface area contributed by atoms with E-state index in [2.05, 4.69) is 4.98 Å². The zero-order valence-electron chi connectivity index (χ0n) is 17.9. The van der Waals surface area contributed by atoms with Crippen LogP contribution in [-0.4, -0.2) is 50.2 Å². The predicted molar refractivity (Wildman–Crippen MR) is 116 cm³/mol. The fraction of sp³-hybridized carbons (Fsp3) is 0.478. The zero-order valence-corrected chi connectivity index (χ0v) is 18.6. The van der Waals surface area contributed by atoms with E-state index in [0.717, 1.165) is 31.5 Å². The van der Waals surface area contributed by atoms with Crippen molar-refractivity contribution in [2.24, 2.45) is 7.05 Å². The van der Waals surface area contributed by atoms with Crippen molar-refractivity contribution in [1.29, 1.82) is 0 Å². The van der Waals surface area contributed by atoms with Crippen molar-refractivity contribution in [2.75, 3.05) is 7.05 Å². The minimum atomic E-state index is -1.27. The number of imide groups is 1. The van der Waals surface area contributed by atoms with Gasteiger partial charge in [-0.05, 0) is 24.5 Å². The minimum Gasteiger partial charge on any atom is -0.338 e. The maximum atomic E-state index is 13.8. The third kappa shape index (κ3) is 3.87. The van der Waals surface area contributed by atoms with Crippen molar-refractivity contribution >= 4 is 29.3 Å². The van der Waals surface area contributed by atoms with Gasteiger partial charge in [-0.3, -0.25) is 19.3 Å². The van der Waals surface area contributed by atoms with Crippen LogP contribution in [0.1, 0.15) is 49.9 Å². The van der Waals surface area contributed by atoms with E-state index in [1.165, 1.54) is 4.90 Å². The Morgan fingerprint density at radius 1 is 1.26 bits per heavy atom. The second-order valence-corrected chi connectivity index (χ2v) is 9.03. The molecule has 2 fully saturated rings. The van der Waals surface area contributed by atoms with E-state index in [9.17, 15) is 14.4 Å². The number of likely N-dealkylation sites (tertiary alicyclic amines) is 1. The van der Waals surface area contributed by atoms with Gasteiger partial charge in [0.15, 0.2) is 0 Å². The highest BCUT2D eigenvalue weighted by Gasteiger charge is 2.56. The molecule has 1 saturated heterocycles. The first kappa shape index (κ1) is 21.6. The van der Waals surface area contributed by atoms with E-state index in [1.54, 1.807) is 42.4 Å². The lowest BCUT2D eigenvalue weighted by Crippen LogP contribution is -2.45. The Hall–Kier alpha value is -2.67. The van der Waals surface area contributed by atoms with Crippen molar-refractivity contribution in [3.8, 4) is 0 Å². The average molecular weight is 443 g/mol. The summed E-state index contributed by atoms with van der Waals surface area (Å²) < 4.78 is 1.85. The smallest absolute Gasteiger partial charge is 0.241 e. The van der Waals surface area contributed by atoms with Crippen LogP contribution in [0.3, 0.4) is 0 Å². The van der Waals surface area contributed by atoms with Crippen molar-refractivity contribution in [3.63, 3.8) is 0 Å². The van der Waals surface area contributed by atoms with E-state index in [1.807, 2.05) is 17.8 Å². The van der Waals surface area contributed by atoms with Crippen molar-refractivity contribution in [2.45, 2.75) is 56.5 Å². The van der Waals surface area contributed by atoms with Gasteiger partial charge in [0.05, 0.1) is 12.0 Å². The van der Waals surface area contributed by atoms with Crippen LogP contribution in [-0.2, 0) is 33.4 Å². The van der Waals surface area contributed by atoms with E-state index in [-0.39, 0.29) is 36.6 Å². The highest BCUT2D eigenvalue weighted by molar-refractivity contribution is 6.32. The minimum absolute atomic E-state index is 0.0337. The maximum Gasteiger partial charge on any atom is 0.241 e. The Balaban J connectivity index is 1.66. The second kappa shape index (κ2) is 8.46. The lowest BCUT2D eigenvalue weighted by molar-refractivity contribution is -0.144. The molecule has 3 amide bonds. The number of benzene rings is 1. The number of amides is 3. The summed E-state index contributed by atoms with van der Waals surface area (Å²) in [4.78, 5) is 47.3. The summed E-state index contributed by atoms with van der Waals surface area (Å²) in [6.45, 7) is 0.315. The topological polar surface area (TPSA) is 75.5 Å². The molecule has 1 aromatic heterocycles. The summed E-state index contributed by atoms with van der Waals surface area (Å²) in [5, 5.41) is 0.400. The fourth-order valence-electron chi connectivity index (χ4n) is 4.83. The van der Waals surface area contributed by atoms with Gasteiger partial charge in [0.25, 0.3) is 0 Å². The first-order chi connectivity index (χ1) is 14.8. The van der Waals surface area contributed by atoms with E-state index in [0.29, 0.717) is 17.1 Å². The van der Waals surface area contributed by atoms with Crippen LogP contribution in [0.4, 0.5) is 0 Å². The molecule has 0 spiro atoms. The fourth-order valence-corrected chi connectivity index (χ4v) is 5.15. The van der Waals surface area contributed by atoms with Crippen LogP contribution in [0, 0.1) is 0 Å². The molecule has 1 aliphatic heterocycles. The summed E-state index contributed by atoms with van der Waals surface area (Å²) in [6, 6.07) is 6.96. The van der Waals surface area contributed by atoms with Crippen LogP contribution in [0.5, 0.6) is 0 Å². The quantitative estimate of drug-likeness (QED) is 0.644. The number of aromatic nitrogens is 2. The molecule has 0 radical (unpaired) electrons. The van der Waals surface area contributed by atoms with Crippen molar-refractivity contribution in [3.05, 3.63) is 53.1 Å². The molecule has 0 bridgehead atoms. The standard InChI is InChI=1S/C23H27ClN4O3/c1-26-12-11-25-19(26)15-27(2)20(29)13-23(17-9-5-6-10-18(17)24)14-21(30)28(22(23)31)16-7-3-4-8-16/h5-6,9-12,16H,3-4,7-8,13-15H2,1-2H3. The van der Waals surface area contributed by atoms with Gasteiger partial charge in [0.1, 0.15) is 5.82 Å². The number of nitrogens with zero attached hydrogens (tertiary/aromatic N) is 4. The highest BCUT2D eigenvalue weighted by Crippen LogP contribution is 2.45. The van der Waals surface area contributed by atoms with Crippen LogP contribution < -0.4 is 0 Å². The molecular formula is C23H27ClN4O3. The summed E-state index contributed by atoms with van der Waals surface area (Å²) >= 11 is 6.49. The Labute approximate surface area is 187 Å². The maximum absolute atomic E-state index is 13.8. The highest BCUT2D eigenvalue weighted by atomic mass is 35.5. The van der Waals surface area contributed by atoms with Gasteiger partial charge < -0.3 is 9.47 Å². The van der Waals surface area contributed by atoms with Crippen LogP contribution in [0.2, 0.25) is 5.02 Å². The molecule has 2 heterocycles. The second-order valence-electron chi connectivity index (χ2n) is 8.63. The molecule has 1 aliphatic carbocycles.